The van der Waals surface area contributed by atoms with Gasteiger partial charge in [0.15, 0.2) is 5.82 Å². The Morgan fingerprint density at radius 3 is 2.53 bits per heavy atom. The number of nitrogens with one attached hydrogen (secondary N) is 3. The monoisotopic (exact) mass is 515 g/mol. The third-order valence-electron chi connectivity index (χ3n) is 6.90. The smallest absolute Gasteiger partial charge is 0.227 e. The fourth-order valence-electron chi connectivity index (χ4n) is 4.73. The zero-order valence-corrected chi connectivity index (χ0v) is 22.4. The molecule has 11 nitrogen and oxygen atoms in total. The van der Waals surface area contributed by atoms with E-state index in [-0.39, 0.29) is 17.9 Å². The van der Waals surface area contributed by atoms with Crippen molar-refractivity contribution in [2.45, 2.75) is 59.4 Å². The predicted octanol–water partition coefficient (Wildman–Crippen LogP) is 4.12. The Bertz CT molecular complexity index is 1400. The van der Waals surface area contributed by atoms with Crippen molar-refractivity contribution in [1.29, 1.82) is 0 Å². The van der Waals surface area contributed by atoms with Crippen LogP contribution in [0.1, 0.15) is 54.1 Å². The fourth-order valence-corrected chi connectivity index (χ4v) is 4.73. The number of H-pyrrole nitrogens is 1. The quantitative estimate of drug-likeness (QED) is 0.332. The number of anilines is 3. The lowest BCUT2D eigenvalue weighted by Gasteiger charge is -2.33. The third kappa shape index (κ3) is 5.51. The van der Waals surface area contributed by atoms with Crippen molar-refractivity contribution in [3.05, 3.63) is 58.9 Å². The number of pyridine rings is 1. The van der Waals surface area contributed by atoms with Gasteiger partial charge >= 0.3 is 0 Å². The van der Waals surface area contributed by atoms with Crippen LogP contribution in [0.25, 0.3) is 11.3 Å². The number of aromatic amines is 1. The first-order valence-electron chi connectivity index (χ1n) is 12.9. The molecule has 1 unspecified atom stereocenters. The summed E-state index contributed by atoms with van der Waals surface area (Å²) in [7, 11) is 0. The predicted molar refractivity (Wildman–Crippen MR) is 144 cm³/mol. The van der Waals surface area contributed by atoms with Crippen LogP contribution in [0.15, 0.2) is 35.0 Å². The maximum atomic E-state index is 13.0. The van der Waals surface area contributed by atoms with Gasteiger partial charge in [0, 0.05) is 48.8 Å². The molecule has 4 aromatic heterocycles. The molecule has 198 valence electrons. The Morgan fingerprint density at radius 2 is 1.89 bits per heavy atom. The van der Waals surface area contributed by atoms with Crippen LogP contribution < -0.4 is 15.5 Å². The van der Waals surface area contributed by atoms with Gasteiger partial charge < -0.3 is 20.1 Å². The number of hydrogen-bond acceptors (Lipinski definition) is 9. The molecule has 0 saturated carbocycles. The first kappa shape index (κ1) is 25.4. The minimum absolute atomic E-state index is 0.00271. The molecule has 1 aliphatic heterocycles. The SMILES string of the molecule is Cc1cc(Nc2cc(C)[nH]n2)nc(N2CCC(NC(=O)C(C)c3ccc(-c4c(C)noc4C)nc3)CC2)n1. The molecule has 11 heteroatoms. The van der Waals surface area contributed by atoms with E-state index in [9.17, 15) is 4.79 Å². The average Bonchev–Trinajstić information content (AvgIpc) is 3.47. The molecule has 38 heavy (non-hydrogen) atoms. The second kappa shape index (κ2) is 10.6. The van der Waals surface area contributed by atoms with Gasteiger partial charge in [0.25, 0.3) is 0 Å². The highest BCUT2D eigenvalue weighted by atomic mass is 16.5. The van der Waals surface area contributed by atoms with E-state index in [1.54, 1.807) is 6.20 Å². The normalized spacial score (nSPS) is 14.9. The highest BCUT2D eigenvalue weighted by molar-refractivity contribution is 5.83. The number of carbonyl (C=O) groups is 1. The molecule has 5 rings (SSSR count). The molecule has 0 spiro atoms. The number of aryl methyl sites for hydroxylation is 4. The van der Waals surface area contributed by atoms with Crippen LogP contribution in [0.2, 0.25) is 0 Å². The van der Waals surface area contributed by atoms with Crippen molar-refractivity contribution >= 4 is 23.5 Å². The molecule has 3 N–H and O–H groups in total. The highest BCUT2D eigenvalue weighted by Crippen LogP contribution is 2.27. The summed E-state index contributed by atoms with van der Waals surface area (Å²) in [6.07, 6.45) is 3.40. The van der Waals surface area contributed by atoms with Gasteiger partial charge in [-0.3, -0.25) is 14.9 Å². The van der Waals surface area contributed by atoms with E-state index in [1.165, 1.54) is 0 Å². The van der Waals surface area contributed by atoms with Gasteiger partial charge in [-0.15, -0.1) is 0 Å². The van der Waals surface area contributed by atoms with Crippen molar-refractivity contribution in [2.75, 3.05) is 23.3 Å². The molecular weight excluding hydrogens is 482 g/mol. The second-order valence-electron chi connectivity index (χ2n) is 9.92. The van der Waals surface area contributed by atoms with Crippen LogP contribution in [0.3, 0.4) is 0 Å². The van der Waals surface area contributed by atoms with Crippen LogP contribution in [-0.4, -0.2) is 55.3 Å². The molecule has 1 saturated heterocycles. The second-order valence-corrected chi connectivity index (χ2v) is 9.92. The number of amides is 1. The molecule has 1 atom stereocenters. The van der Waals surface area contributed by atoms with Crippen molar-refractivity contribution in [2.24, 2.45) is 0 Å². The van der Waals surface area contributed by atoms with Gasteiger partial charge in [-0.2, -0.15) is 10.1 Å². The summed E-state index contributed by atoms with van der Waals surface area (Å²) < 4.78 is 5.25. The van der Waals surface area contributed by atoms with E-state index < -0.39 is 0 Å². The molecule has 5 heterocycles. The van der Waals surface area contributed by atoms with Gasteiger partial charge in [0.2, 0.25) is 11.9 Å². The fraction of sp³-hybridized carbons (Fsp3) is 0.407. The lowest BCUT2D eigenvalue weighted by Crippen LogP contribution is -2.46. The summed E-state index contributed by atoms with van der Waals surface area (Å²) >= 11 is 0. The van der Waals surface area contributed by atoms with E-state index >= 15 is 0 Å². The number of nitrogens with zero attached hydrogens (tertiary/aromatic N) is 6. The molecule has 4 aromatic rings. The molecule has 0 aliphatic carbocycles. The molecule has 0 radical (unpaired) electrons. The van der Waals surface area contributed by atoms with Gasteiger partial charge in [-0.25, -0.2) is 4.98 Å². The highest BCUT2D eigenvalue weighted by Gasteiger charge is 2.25. The van der Waals surface area contributed by atoms with Crippen LogP contribution in [0.4, 0.5) is 17.6 Å². The Labute approximate surface area is 221 Å². The Kier molecular flexibility index (Phi) is 7.08. The summed E-state index contributed by atoms with van der Waals surface area (Å²) in [5.74, 6) is 2.54. The minimum Gasteiger partial charge on any atom is -0.361 e. The Balaban J connectivity index is 1.16. The largest absolute Gasteiger partial charge is 0.361 e. The zero-order valence-electron chi connectivity index (χ0n) is 22.4. The van der Waals surface area contributed by atoms with Gasteiger partial charge in [0.1, 0.15) is 11.6 Å². The molecule has 1 amide bonds. The lowest BCUT2D eigenvalue weighted by molar-refractivity contribution is -0.123. The van der Waals surface area contributed by atoms with E-state index in [2.05, 4.69) is 40.9 Å². The summed E-state index contributed by atoms with van der Waals surface area (Å²) in [5.41, 5.74) is 5.22. The lowest BCUT2D eigenvalue weighted by atomic mass is 9.99. The molecule has 0 bridgehead atoms. The van der Waals surface area contributed by atoms with Crippen molar-refractivity contribution < 1.29 is 9.32 Å². The summed E-state index contributed by atoms with van der Waals surface area (Å²) in [5, 5.41) is 17.6. The average molecular weight is 516 g/mol. The van der Waals surface area contributed by atoms with E-state index in [4.69, 9.17) is 9.51 Å². The number of aromatic nitrogens is 6. The maximum Gasteiger partial charge on any atom is 0.227 e. The van der Waals surface area contributed by atoms with E-state index in [1.807, 2.05) is 58.9 Å². The van der Waals surface area contributed by atoms with E-state index in [0.717, 1.165) is 71.4 Å². The summed E-state index contributed by atoms with van der Waals surface area (Å²) in [6.45, 7) is 11.1. The summed E-state index contributed by atoms with van der Waals surface area (Å²) in [6, 6.07) is 7.80. The van der Waals surface area contributed by atoms with E-state index in [0.29, 0.717) is 11.8 Å². The summed E-state index contributed by atoms with van der Waals surface area (Å²) in [4.78, 5) is 29.1. The first-order valence-corrected chi connectivity index (χ1v) is 12.9. The standard InChI is InChI=1S/C27H33N9O2/c1-15-12-23(31-24-13-16(2)33-34-24)32-27(29-15)36-10-8-21(9-11-36)30-26(37)17(3)20-6-7-22(28-14-20)25-18(4)35-38-19(25)5/h6-7,12-14,17,21H,8-11H2,1-5H3,(H,30,37)(H2,29,31,32,33,34). The Morgan fingerprint density at radius 1 is 1.11 bits per heavy atom. The molecule has 0 aromatic carbocycles. The third-order valence-corrected chi connectivity index (χ3v) is 6.90. The van der Waals surface area contributed by atoms with Crippen molar-refractivity contribution in [1.82, 2.24) is 35.6 Å². The number of hydrogen-bond donors (Lipinski definition) is 3. The molecule has 1 aliphatic rings. The van der Waals surface area contributed by atoms with Crippen LogP contribution in [0.5, 0.6) is 0 Å². The topological polar surface area (TPSA) is 138 Å². The van der Waals surface area contributed by atoms with Gasteiger partial charge in [-0.05, 0) is 59.1 Å². The maximum absolute atomic E-state index is 13.0. The first-order chi connectivity index (χ1) is 18.3. The number of piperidine rings is 1. The van der Waals surface area contributed by atoms with Crippen LogP contribution in [-0.2, 0) is 4.79 Å². The number of carbonyl (C=O) groups excluding carboxylic acids is 1. The molecular formula is C27H33N9O2. The zero-order chi connectivity index (χ0) is 26.8. The van der Waals surface area contributed by atoms with Gasteiger partial charge in [0.05, 0.1) is 22.9 Å². The van der Waals surface area contributed by atoms with Gasteiger partial charge in [-0.1, -0.05) is 11.2 Å². The van der Waals surface area contributed by atoms with Crippen molar-refractivity contribution in [3.63, 3.8) is 0 Å². The van der Waals surface area contributed by atoms with Crippen molar-refractivity contribution in [3.8, 4) is 11.3 Å². The molecule has 1 fully saturated rings. The van der Waals surface area contributed by atoms with Crippen LogP contribution in [0, 0.1) is 27.7 Å². The Hall–Kier alpha value is -4.28. The minimum atomic E-state index is -0.307. The van der Waals surface area contributed by atoms with Crippen LogP contribution >= 0.6 is 0 Å². The number of rotatable bonds is 7.